The van der Waals surface area contributed by atoms with Gasteiger partial charge in [0.05, 0.1) is 12.2 Å². The highest BCUT2D eigenvalue weighted by Crippen LogP contribution is 2.43. The topological polar surface area (TPSA) is 32.3 Å². The molecule has 3 heteroatoms. The lowest BCUT2D eigenvalue weighted by Gasteiger charge is -2.21. The molecule has 0 aromatic carbocycles. The summed E-state index contributed by atoms with van der Waals surface area (Å²) in [5.41, 5.74) is -0.140. The van der Waals surface area contributed by atoms with Gasteiger partial charge in [-0.15, -0.1) is 0 Å². The lowest BCUT2D eigenvalue weighted by atomic mass is 9.98. The Labute approximate surface area is 97.6 Å². The maximum absolute atomic E-state index is 12.4. The Hall–Kier alpha value is -0.570. The second kappa shape index (κ2) is 3.73. The van der Waals surface area contributed by atoms with Gasteiger partial charge in [-0.1, -0.05) is 26.2 Å². The quantitative estimate of drug-likeness (QED) is 0.790. The fourth-order valence-electron chi connectivity index (χ4n) is 3.59. The minimum absolute atomic E-state index is 0.140. The van der Waals surface area contributed by atoms with Crippen molar-refractivity contribution >= 4 is 5.91 Å². The molecule has 1 N–H and O–H groups in total. The molecule has 0 aromatic rings. The molecule has 1 amide bonds. The van der Waals surface area contributed by atoms with Crippen LogP contribution in [0.2, 0.25) is 0 Å². The highest BCUT2D eigenvalue weighted by molar-refractivity contribution is 5.89. The monoisotopic (exact) mass is 222 g/mol. The summed E-state index contributed by atoms with van der Waals surface area (Å²) in [6, 6.07) is 0.569. The van der Waals surface area contributed by atoms with Crippen LogP contribution >= 0.6 is 0 Å². The van der Waals surface area contributed by atoms with Crippen molar-refractivity contribution in [2.75, 3.05) is 6.67 Å². The number of nitrogens with one attached hydrogen (secondary N) is 1. The number of carbonyl (C=O) groups excluding carboxylic acids is 1. The van der Waals surface area contributed by atoms with E-state index in [4.69, 9.17) is 0 Å². The lowest BCUT2D eigenvalue weighted by Crippen LogP contribution is -2.44. The zero-order valence-electron chi connectivity index (χ0n) is 10.2. The first kappa shape index (κ1) is 10.6. The third kappa shape index (κ3) is 1.48. The van der Waals surface area contributed by atoms with Crippen LogP contribution < -0.4 is 5.32 Å². The van der Waals surface area contributed by atoms with E-state index < -0.39 is 0 Å². The molecule has 0 aromatic heterocycles. The highest BCUT2D eigenvalue weighted by atomic mass is 16.2. The molecule has 3 fully saturated rings. The van der Waals surface area contributed by atoms with Gasteiger partial charge in [0.2, 0.25) is 5.91 Å². The zero-order chi connectivity index (χ0) is 11.2. The lowest BCUT2D eigenvalue weighted by molar-refractivity contribution is -0.132. The van der Waals surface area contributed by atoms with Gasteiger partial charge in [-0.2, -0.15) is 0 Å². The molecule has 16 heavy (non-hydrogen) atoms. The molecule has 90 valence electrons. The van der Waals surface area contributed by atoms with Gasteiger partial charge in [-0.3, -0.25) is 10.1 Å². The summed E-state index contributed by atoms with van der Waals surface area (Å²) in [5.74, 6) is 1.21. The number of amides is 1. The first-order valence-corrected chi connectivity index (χ1v) is 6.83. The largest absolute Gasteiger partial charge is 0.325 e. The number of hydrogen-bond acceptors (Lipinski definition) is 2. The number of nitrogens with zero attached hydrogens (tertiary/aromatic N) is 1. The molecule has 2 atom stereocenters. The first-order valence-electron chi connectivity index (χ1n) is 6.83. The van der Waals surface area contributed by atoms with E-state index >= 15 is 0 Å². The molecule has 1 aliphatic heterocycles. The second-order valence-electron chi connectivity index (χ2n) is 5.75. The van der Waals surface area contributed by atoms with E-state index in [1.54, 1.807) is 0 Å². The van der Waals surface area contributed by atoms with E-state index in [0.29, 0.717) is 11.9 Å². The fraction of sp³-hybridized carbons (Fsp3) is 0.923. The van der Waals surface area contributed by atoms with Crippen LogP contribution in [0.25, 0.3) is 0 Å². The molecule has 1 spiro atoms. The van der Waals surface area contributed by atoms with Gasteiger partial charge in [-0.05, 0) is 31.6 Å². The van der Waals surface area contributed by atoms with Crippen LogP contribution in [-0.2, 0) is 4.79 Å². The van der Waals surface area contributed by atoms with Crippen molar-refractivity contribution in [3.05, 3.63) is 0 Å². The highest BCUT2D eigenvalue weighted by Gasteiger charge is 2.54. The Morgan fingerprint density at radius 2 is 2.19 bits per heavy atom. The minimum Gasteiger partial charge on any atom is -0.325 e. The van der Waals surface area contributed by atoms with Gasteiger partial charge >= 0.3 is 0 Å². The molecule has 0 radical (unpaired) electrons. The summed E-state index contributed by atoms with van der Waals surface area (Å²) in [6.07, 6.45) is 8.35. The van der Waals surface area contributed by atoms with Gasteiger partial charge in [-0.25, -0.2) is 0 Å². The van der Waals surface area contributed by atoms with Gasteiger partial charge < -0.3 is 4.90 Å². The van der Waals surface area contributed by atoms with E-state index in [9.17, 15) is 4.79 Å². The Balaban J connectivity index is 1.65. The Morgan fingerprint density at radius 1 is 1.44 bits per heavy atom. The maximum Gasteiger partial charge on any atom is 0.244 e. The van der Waals surface area contributed by atoms with Crippen molar-refractivity contribution in [1.82, 2.24) is 10.2 Å². The van der Waals surface area contributed by atoms with Crippen LogP contribution in [0.3, 0.4) is 0 Å². The number of rotatable bonds is 3. The first-order chi connectivity index (χ1) is 7.77. The standard InChI is InChI=1S/C13H22N2O/c1-2-5-10-8-11(10)15-9-14-13(12(15)16)6-3-4-7-13/h10-11,14H,2-9H2,1H3. The van der Waals surface area contributed by atoms with E-state index in [1.807, 2.05) is 0 Å². The van der Waals surface area contributed by atoms with Crippen molar-refractivity contribution in [3.63, 3.8) is 0 Å². The molecule has 0 bridgehead atoms. The van der Waals surface area contributed by atoms with Gasteiger partial charge in [0, 0.05) is 6.04 Å². The second-order valence-corrected chi connectivity index (χ2v) is 5.75. The summed E-state index contributed by atoms with van der Waals surface area (Å²) in [4.78, 5) is 14.6. The molecule has 2 saturated carbocycles. The smallest absolute Gasteiger partial charge is 0.244 e. The summed E-state index contributed by atoms with van der Waals surface area (Å²) >= 11 is 0. The molecule has 3 aliphatic rings. The Kier molecular flexibility index (Phi) is 2.46. The summed E-state index contributed by atoms with van der Waals surface area (Å²) in [7, 11) is 0. The van der Waals surface area contributed by atoms with Crippen molar-refractivity contribution in [3.8, 4) is 0 Å². The third-order valence-corrected chi connectivity index (χ3v) is 4.66. The zero-order valence-corrected chi connectivity index (χ0v) is 10.2. The molecule has 2 unspecified atom stereocenters. The SMILES string of the molecule is CCCC1CC1N1CNC2(CCCC2)C1=O. The number of hydrogen-bond donors (Lipinski definition) is 1. The van der Waals surface area contributed by atoms with Crippen LogP contribution in [-0.4, -0.2) is 29.1 Å². The third-order valence-electron chi connectivity index (χ3n) is 4.66. The minimum atomic E-state index is -0.140. The predicted molar refractivity (Wildman–Crippen MR) is 62.9 cm³/mol. The van der Waals surface area contributed by atoms with E-state index in [-0.39, 0.29) is 5.54 Å². The molecule has 2 aliphatic carbocycles. The van der Waals surface area contributed by atoms with E-state index in [0.717, 1.165) is 25.4 Å². The van der Waals surface area contributed by atoms with Crippen molar-refractivity contribution in [2.24, 2.45) is 5.92 Å². The van der Waals surface area contributed by atoms with E-state index in [2.05, 4.69) is 17.1 Å². The average molecular weight is 222 g/mol. The van der Waals surface area contributed by atoms with Crippen molar-refractivity contribution in [2.45, 2.75) is 63.5 Å². The molecule has 3 nitrogen and oxygen atoms in total. The summed E-state index contributed by atoms with van der Waals surface area (Å²) < 4.78 is 0. The Bertz CT molecular complexity index is 296. The molecule has 1 heterocycles. The molecular weight excluding hydrogens is 200 g/mol. The molecule has 1 saturated heterocycles. The van der Waals surface area contributed by atoms with Gasteiger partial charge in [0.15, 0.2) is 0 Å². The van der Waals surface area contributed by atoms with Crippen molar-refractivity contribution in [1.29, 1.82) is 0 Å². The number of carbonyl (C=O) groups is 1. The summed E-state index contributed by atoms with van der Waals surface area (Å²) in [5, 5.41) is 3.49. The van der Waals surface area contributed by atoms with Gasteiger partial charge in [0.25, 0.3) is 0 Å². The van der Waals surface area contributed by atoms with Crippen LogP contribution in [0.5, 0.6) is 0 Å². The van der Waals surface area contributed by atoms with Crippen LogP contribution in [0.1, 0.15) is 51.9 Å². The predicted octanol–water partition coefficient (Wildman–Crippen LogP) is 1.88. The van der Waals surface area contributed by atoms with E-state index in [1.165, 1.54) is 32.1 Å². The van der Waals surface area contributed by atoms with Gasteiger partial charge in [0.1, 0.15) is 0 Å². The molecular formula is C13H22N2O. The van der Waals surface area contributed by atoms with Crippen molar-refractivity contribution < 1.29 is 4.79 Å². The van der Waals surface area contributed by atoms with Crippen LogP contribution in [0, 0.1) is 5.92 Å². The molecule has 3 rings (SSSR count). The Morgan fingerprint density at radius 3 is 2.88 bits per heavy atom. The average Bonchev–Trinajstić information content (AvgIpc) is 2.76. The summed E-state index contributed by atoms with van der Waals surface area (Å²) in [6.45, 7) is 3.04. The normalized spacial score (nSPS) is 36.3. The van der Waals surface area contributed by atoms with Crippen LogP contribution in [0.15, 0.2) is 0 Å². The maximum atomic E-state index is 12.4. The van der Waals surface area contributed by atoms with Crippen LogP contribution in [0.4, 0.5) is 0 Å². The fourth-order valence-corrected chi connectivity index (χ4v) is 3.59.